The number of amides is 1. The molecule has 2 rings (SSSR count). The van der Waals surface area contributed by atoms with Gasteiger partial charge in [0, 0.05) is 12.1 Å². The third kappa shape index (κ3) is 4.50. The summed E-state index contributed by atoms with van der Waals surface area (Å²) in [7, 11) is 0. The summed E-state index contributed by atoms with van der Waals surface area (Å²) in [5.74, 6) is -1.26. The van der Waals surface area contributed by atoms with E-state index >= 15 is 0 Å². The molecular formula is C17H24F2N2O. The zero-order valence-electron chi connectivity index (χ0n) is 13.2. The van der Waals surface area contributed by atoms with Gasteiger partial charge in [-0.15, -0.1) is 0 Å². The largest absolute Gasteiger partial charge is 0.352 e. The van der Waals surface area contributed by atoms with Crippen LogP contribution in [0.4, 0.5) is 8.78 Å². The standard InChI is InChI=1S/C17H24F2N2O/c1-11-5-3-4-6-16(11)21-17(22)10-20-12(2)13-7-8-14(18)15(19)9-13/h7-9,11-12,16,20H,3-6,10H2,1-2H3,(H,21,22)/t11-,12-,16+/m0/s1. The Hall–Kier alpha value is -1.49. The van der Waals surface area contributed by atoms with Crippen LogP contribution in [0, 0.1) is 17.6 Å². The normalized spacial score (nSPS) is 23.1. The lowest BCUT2D eigenvalue weighted by Crippen LogP contribution is -2.45. The van der Waals surface area contributed by atoms with E-state index in [1.165, 1.54) is 12.5 Å². The smallest absolute Gasteiger partial charge is 0.234 e. The zero-order valence-corrected chi connectivity index (χ0v) is 13.2. The Morgan fingerprint density at radius 1 is 1.27 bits per heavy atom. The maximum Gasteiger partial charge on any atom is 0.234 e. The van der Waals surface area contributed by atoms with E-state index in [1.807, 2.05) is 6.92 Å². The van der Waals surface area contributed by atoms with E-state index in [1.54, 1.807) is 0 Å². The molecule has 22 heavy (non-hydrogen) atoms. The van der Waals surface area contributed by atoms with Crippen LogP contribution in [-0.4, -0.2) is 18.5 Å². The first kappa shape index (κ1) is 16.9. The van der Waals surface area contributed by atoms with Crippen LogP contribution in [0.3, 0.4) is 0 Å². The van der Waals surface area contributed by atoms with Crippen LogP contribution < -0.4 is 10.6 Å². The highest BCUT2D eigenvalue weighted by Crippen LogP contribution is 2.23. The Kier molecular flexibility index (Phi) is 5.89. The van der Waals surface area contributed by atoms with E-state index in [0.717, 1.165) is 31.4 Å². The second-order valence-electron chi connectivity index (χ2n) is 6.21. The third-order valence-corrected chi connectivity index (χ3v) is 4.47. The van der Waals surface area contributed by atoms with E-state index < -0.39 is 11.6 Å². The van der Waals surface area contributed by atoms with Gasteiger partial charge in [-0.25, -0.2) is 8.78 Å². The van der Waals surface area contributed by atoms with Crippen LogP contribution in [0.15, 0.2) is 18.2 Å². The fourth-order valence-electron chi connectivity index (χ4n) is 2.93. The number of benzene rings is 1. The van der Waals surface area contributed by atoms with Gasteiger partial charge < -0.3 is 10.6 Å². The molecule has 3 atom stereocenters. The minimum Gasteiger partial charge on any atom is -0.352 e. The maximum absolute atomic E-state index is 13.2. The van der Waals surface area contributed by atoms with E-state index in [-0.39, 0.29) is 24.5 Å². The summed E-state index contributed by atoms with van der Waals surface area (Å²) in [6.45, 7) is 4.16. The molecule has 0 bridgehead atoms. The van der Waals surface area contributed by atoms with Crippen molar-refractivity contribution in [3.05, 3.63) is 35.4 Å². The molecule has 1 fully saturated rings. The van der Waals surface area contributed by atoms with Gasteiger partial charge in [0.05, 0.1) is 6.54 Å². The van der Waals surface area contributed by atoms with Crippen LogP contribution in [0.2, 0.25) is 0 Å². The third-order valence-electron chi connectivity index (χ3n) is 4.47. The molecule has 5 heteroatoms. The van der Waals surface area contributed by atoms with Crippen molar-refractivity contribution < 1.29 is 13.6 Å². The first-order chi connectivity index (χ1) is 10.5. The molecule has 122 valence electrons. The number of nitrogens with one attached hydrogen (secondary N) is 2. The topological polar surface area (TPSA) is 41.1 Å². The van der Waals surface area contributed by atoms with E-state index in [9.17, 15) is 13.6 Å². The number of carbonyl (C=O) groups excluding carboxylic acids is 1. The first-order valence-corrected chi connectivity index (χ1v) is 7.95. The second kappa shape index (κ2) is 7.68. The van der Waals surface area contributed by atoms with E-state index in [2.05, 4.69) is 17.6 Å². The molecule has 2 N–H and O–H groups in total. The highest BCUT2D eigenvalue weighted by molar-refractivity contribution is 5.78. The SMILES string of the molecule is C[C@H](NCC(=O)N[C@@H]1CCCC[C@@H]1C)c1ccc(F)c(F)c1. The average molecular weight is 310 g/mol. The minimum atomic E-state index is -0.869. The van der Waals surface area contributed by atoms with Gasteiger partial charge in [0.2, 0.25) is 5.91 Å². The van der Waals surface area contributed by atoms with Crippen molar-refractivity contribution in [2.45, 2.75) is 51.6 Å². The summed E-state index contributed by atoms with van der Waals surface area (Å²) in [6.07, 6.45) is 4.59. The summed E-state index contributed by atoms with van der Waals surface area (Å²) in [5.41, 5.74) is 0.623. The Morgan fingerprint density at radius 2 is 2.00 bits per heavy atom. The molecule has 0 heterocycles. The lowest BCUT2D eigenvalue weighted by atomic mass is 9.86. The number of carbonyl (C=O) groups is 1. The average Bonchev–Trinajstić information content (AvgIpc) is 2.50. The van der Waals surface area contributed by atoms with Crippen molar-refractivity contribution in [2.75, 3.05) is 6.54 Å². The van der Waals surface area contributed by atoms with Crippen molar-refractivity contribution in [2.24, 2.45) is 5.92 Å². The van der Waals surface area contributed by atoms with Crippen LogP contribution in [0.5, 0.6) is 0 Å². The van der Waals surface area contributed by atoms with Crippen molar-refractivity contribution in [1.29, 1.82) is 0 Å². The predicted octanol–water partition coefficient (Wildman–Crippen LogP) is 3.31. The monoisotopic (exact) mass is 310 g/mol. The Balaban J connectivity index is 1.81. The first-order valence-electron chi connectivity index (χ1n) is 7.95. The lowest BCUT2D eigenvalue weighted by Gasteiger charge is -2.29. The quantitative estimate of drug-likeness (QED) is 0.876. The lowest BCUT2D eigenvalue weighted by molar-refractivity contribution is -0.121. The van der Waals surface area contributed by atoms with Gasteiger partial charge in [0.1, 0.15) is 0 Å². The Bertz CT molecular complexity index is 521. The maximum atomic E-state index is 13.2. The molecule has 1 aromatic carbocycles. The Labute approximate surface area is 130 Å². The van der Waals surface area contributed by atoms with Gasteiger partial charge in [0.15, 0.2) is 11.6 Å². The molecule has 1 amide bonds. The molecule has 0 aliphatic heterocycles. The van der Waals surface area contributed by atoms with E-state index in [4.69, 9.17) is 0 Å². The minimum absolute atomic E-state index is 0.0480. The van der Waals surface area contributed by atoms with Crippen LogP contribution in [0.1, 0.15) is 51.1 Å². The molecule has 3 nitrogen and oxygen atoms in total. The van der Waals surface area contributed by atoms with Crippen LogP contribution in [-0.2, 0) is 4.79 Å². The molecule has 0 aromatic heterocycles. The molecule has 1 aromatic rings. The summed E-state index contributed by atoms with van der Waals surface area (Å²) in [5, 5.41) is 6.11. The van der Waals surface area contributed by atoms with Gasteiger partial charge in [-0.2, -0.15) is 0 Å². The van der Waals surface area contributed by atoms with Gasteiger partial charge in [-0.3, -0.25) is 4.79 Å². The fourth-order valence-corrected chi connectivity index (χ4v) is 2.93. The predicted molar refractivity (Wildman–Crippen MR) is 82.3 cm³/mol. The number of hydrogen-bond acceptors (Lipinski definition) is 2. The Morgan fingerprint density at radius 3 is 2.68 bits per heavy atom. The molecule has 1 saturated carbocycles. The van der Waals surface area contributed by atoms with Gasteiger partial charge in [-0.05, 0) is 43.4 Å². The van der Waals surface area contributed by atoms with Gasteiger partial charge in [-0.1, -0.05) is 25.8 Å². The summed E-state index contributed by atoms with van der Waals surface area (Å²) in [6, 6.07) is 3.82. The van der Waals surface area contributed by atoms with Crippen molar-refractivity contribution in [3.63, 3.8) is 0 Å². The van der Waals surface area contributed by atoms with Gasteiger partial charge in [0.25, 0.3) is 0 Å². The van der Waals surface area contributed by atoms with Crippen molar-refractivity contribution in [3.8, 4) is 0 Å². The fraction of sp³-hybridized carbons (Fsp3) is 0.588. The van der Waals surface area contributed by atoms with Crippen LogP contribution >= 0.6 is 0 Å². The number of rotatable bonds is 5. The molecule has 0 spiro atoms. The summed E-state index contributed by atoms with van der Waals surface area (Å²) < 4.78 is 26.1. The number of hydrogen-bond donors (Lipinski definition) is 2. The van der Waals surface area contributed by atoms with Crippen molar-refractivity contribution in [1.82, 2.24) is 10.6 Å². The molecular weight excluding hydrogens is 286 g/mol. The van der Waals surface area contributed by atoms with Crippen molar-refractivity contribution >= 4 is 5.91 Å². The summed E-state index contributed by atoms with van der Waals surface area (Å²) in [4.78, 5) is 12.0. The zero-order chi connectivity index (χ0) is 16.1. The molecule has 1 aliphatic rings. The second-order valence-corrected chi connectivity index (χ2v) is 6.21. The molecule has 0 saturated heterocycles. The van der Waals surface area contributed by atoms with Crippen LogP contribution in [0.25, 0.3) is 0 Å². The summed E-state index contributed by atoms with van der Waals surface area (Å²) >= 11 is 0. The molecule has 0 radical (unpaired) electrons. The molecule has 0 unspecified atom stereocenters. The van der Waals surface area contributed by atoms with Gasteiger partial charge >= 0.3 is 0 Å². The molecule has 1 aliphatic carbocycles. The highest BCUT2D eigenvalue weighted by Gasteiger charge is 2.22. The van der Waals surface area contributed by atoms with E-state index in [0.29, 0.717) is 11.5 Å². The highest BCUT2D eigenvalue weighted by atomic mass is 19.2. The number of halogens is 2.